The van der Waals surface area contributed by atoms with Crippen molar-refractivity contribution in [3.05, 3.63) is 24.3 Å². The Morgan fingerprint density at radius 3 is 2.61 bits per heavy atom. The molecular weight excluding hydrogens is 216 g/mol. The van der Waals surface area contributed by atoms with Gasteiger partial charge in [0, 0.05) is 0 Å². The van der Waals surface area contributed by atoms with Crippen molar-refractivity contribution in [1.29, 1.82) is 0 Å². The highest BCUT2D eigenvalue weighted by molar-refractivity contribution is 5.13. The molecule has 1 unspecified atom stereocenters. The Bertz CT molecular complexity index is 249. The highest BCUT2D eigenvalue weighted by Crippen LogP contribution is 2.39. The maximum absolute atomic E-state index is 4.25. The van der Waals surface area contributed by atoms with Gasteiger partial charge in [0.25, 0.3) is 0 Å². The number of hydrogen-bond acceptors (Lipinski definition) is 0. The predicted molar refractivity (Wildman–Crippen MR) is 82.8 cm³/mol. The first-order chi connectivity index (χ1) is 8.79. The Morgan fingerprint density at radius 1 is 1.11 bits per heavy atom. The Kier molecular flexibility index (Phi) is 8.13. The molecule has 0 nitrogen and oxygen atoms in total. The number of hydrogen-bond donors (Lipinski definition) is 0. The minimum atomic E-state index is 0.784. The molecule has 0 N–H and O–H groups in total. The van der Waals surface area contributed by atoms with Crippen molar-refractivity contribution < 1.29 is 0 Å². The van der Waals surface area contributed by atoms with Crippen LogP contribution in [0.5, 0.6) is 0 Å². The lowest BCUT2D eigenvalue weighted by Crippen LogP contribution is -2.05. The van der Waals surface area contributed by atoms with Crippen LogP contribution in [-0.4, -0.2) is 0 Å². The Labute approximate surface area is 115 Å². The fraction of sp³-hybridized carbons (Fsp3) is 0.778. The first kappa shape index (κ1) is 15.5. The van der Waals surface area contributed by atoms with Gasteiger partial charge in [-0.05, 0) is 43.9 Å². The second-order valence-electron chi connectivity index (χ2n) is 5.89. The van der Waals surface area contributed by atoms with E-state index in [0.29, 0.717) is 0 Å². The molecule has 0 saturated heterocycles. The van der Waals surface area contributed by atoms with Gasteiger partial charge in [0.1, 0.15) is 0 Å². The standard InChI is InChI=1S/C18H32/c1-4-6-7-8-9-10-11-13-17-15-14-16(3)18(17)12-5-2/h11,13,17-18H,3-10,12,14-15H2,1-2H3/b13-11+/t17?,18-/m0/s1. The lowest BCUT2D eigenvalue weighted by molar-refractivity contribution is 0.467. The van der Waals surface area contributed by atoms with Crippen molar-refractivity contribution in [3.8, 4) is 0 Å². The van der Waals surface area contributed by atoms with Gasteiger partial charge < -0.3 is 0 Å². The van der Waals surface area contributed by atoms with Crippen LogP contribution >= 0.6 is 0 Å². The lowest BCUT2D eigenvalue weighted by atomic mass is 9.89. The summed E-state index contributed by atoms with van der Waals surface area (Å²) in [4.78, 5) is 0. The third-order valence-electron chi connectivity index (χ3n) is 4.30. The zero-order chi connectivity index (χ0) is 13.2. The average Bonchev–Trinajstić information content (AvgIpc) is 2.71. The van der Waals surface area contributed by atoms with Crippen molar-refractivity contribution in [1.82, 2.24) is 0 Å². The zero-order valence-electron chi connectivity index (χ0n) is 12.6. The van der Waals surface area contributed by atoms with E-state index in [9.17, 15) is 0 Å². The molecule has 0 aliphatic heterocycles. The summed E-state index contributed by atoms with van der Waals surface area (Å²) in [6, 6.07) is 0. The predicted octanol–water partition coefficient (Wildman–Crippen LogP) is 6.29. The van der Waals surface area contributed by atoms with Gasteiger partial charge in [-0.15, -0.1) is 0 Å². The van der Waals surface area contributed by atoms with Crippen LogP contribution in [0.15, 0.2) is 24.3 Å². The molecule has 2 atom stereocenters. The topological polar surface area (TPSA) is 0 Å². The fourth-order valence-corrected chi connectivity index (χ4v) is 3.14. The van der Waals surface area contributed by atoms with Gasteiger partial charge in [0.2, 0.25) is 0 Å². The summed E-state index contributed by atoms with van der Waals surface area (Å²) in [5, 5.41) is 0. The molecule has 0 heteroatoms. The van der Waals surface area contributed by atoms with Crippen LogP contribution in [0.4, 0.5) is 0 Å². The van der Waals surface area contributed by atoms with Crippen molar-refractivity contribution in [2.24, 2.45) is 11.8 Å². The summed E-state index contributed by atoms with van der Waals surface area (Å²) in [5.74, 6) is 1.58. The third-order valence-corrected chi connectivity index (χ3v) is 4.30. The molecule has 0 radical (unpaired) electrons. The fourth-order valence-electron chi connectivity index (χ4n) is 3.14. The quantitative estimate of drug-likeness (QED) is 0.332. The Balaban J connectivity index is 2.18. The number of allylic oxidation sites excluding steroid dienone is 3. The molecule has 0 amide bonds. The monoisotopic (exact) mass is 248 g/mol. The smallest absolute Gasteiger partial charge is 0.0143 e. The lowest BCUT2D eigenvalue weighted by Gasteiger charge is -2.16. The van der Waals surface area contributed by atoms with E-state index >= 15 is 0 Å². The number of unbranched alkanes of at least 4 members (excludes halogenated alkanes) is 5. The first-order valence-electron chi connectivity index (χ1n) is 8.13. The summed E-state index contributed by atoms with van der Waals surface area (Å²) in [7, 11) is 0. The van der Waals surface area contributed by atoms with E-state index in [1.165, 1.54) is 69.8 Å². The minimum Gasteiger partial charge on any atom is -0.0996 e. The van der Waals surface area contributed by atoms with Crippen LogP contribution in [0.25, 0.3) is 0 Å². The first-order valence-corrected chi connectivity index (χ1v) is 8.13. The average molecular weight is 248 g/mol. The van der Waals surface area contributed by atoms with Gasteiger partial charge in [-0.1, -0.05) is 70.3 Å². The molecule has 0 heterocycles. The highest BCUT2D eigenvalue weighted by Gasteiger charge is 2.27. The van der Waals surface area contributed by atoms with Crippen molar-refractivity contribution in [2.75, 3.05) is 0 Å². The molecule has 0 spiro atoms. The molecular formula is C18H32. The molecule has 0 bridgehead atoms. The van der Waals surface area contributed by atoms with Gasteiger partial charge in [0.15, 0.2) is 0 Å². The van der Waals surface area contributed by atoms with Crippen LogP contribution < -0.4 is 0 Å². The van der Waals surface area contributed by atoms with Crippen molar-refractivity contribution in [2.45, 2.75) is 78.1 Å². The van der Waals surface area contributed by atoms with Gasteiger partial charge in [-0.2, -0.15) is 0 Å². The molecule has 1 rings (SSSR count). The largest absolute Gasteiger partial charge is 0.0996 e. The highest BCUT2D eigenvalue weighted by atomic mass is 14.3. The SMILES string of the molecule is C=C1CCC(/C=C/CCCCCCC)[C@H]1CCC. The Morgan fingerprint density at radius 2 is 1.89 bits per heavy atom. The summed E-state index contributed by atoms with van der Waals surface area (Å²) < 4.78 is 0. The van der Waals surface area contributed by atoms with Gasteiger partial charge in [0.05, 0.1) is 0 Å². The second kappa shape index (κ2) is 9.42. The molecule has 1 fully saturated rings. The number of rotatable bonds is 9. The maximum atomic E-state index is 4.25. The van der Waals surface area contributed by atoms with E-state index in [1.54, 1.807) is 0 Å². The van der Waals surface area contributed by atoms with Crippen LogP contribution in [0.3, 0.4) is 0 Å². The van der Waals surface area contributed by atoms with E-state index in [0.717, 1.165) is 11.8 Å². The van der Waals surface area contributed by atoms with E-state index in [-0.39, 0.29) is 0 Å². The van der Waals surface area contributed by atoms with Gasteiger partial charge >= 0.3 is 0 Å². The molecule has 0 aromatic rings. The Hall–Kier alpha value is -0.520. The van der Waals surface area contributed by atoms with E-state index in [4.69, 9.17) is 0 Å². The van der Waals surface area contributed by atoms with E-state index in [1.807, 2.05) is 0 Å². The van der Waals surface area contributed by atoms with Crippen LogP contribution in [0.2, 0.25) is 0 Å². The van der Waals surface area contributed by atoms with Gasteiger partial charge in [-0.25, -0.2) is 0 Å². The summed E-state index contributed by atoms with van der Waals surface area (Å²) in [6.45, 7) is 8.82. The molecule has 0 aromatic carbocycles. The van der Waals surface area contributed by atoms with E-state index in [2.05, 4.69) is 32.6 Å². The molecule has 1 aliphatic carbocycles. The minimum absolute atomic E-state index is 0.784. The van der Waals surface area contributed by atoms with E-state index < -0.39 is 0 Å². The van der Waals surface area contributed by atoms with Gasteiger partial charge in [-0.3, -0.25) is 0 Å². The van der Waals surface area contributed by atoms with Crippen LogP contribution in [-0.2, 0) is 0 Å². The normalized spacial score (nSPS) is 24.2. The summed E-state index contributed by atoms with van der Waals surface area (Å²) >= 11 is 0. The second-order valence-corrected chi connectivity index (χ2v) is 5.89. The van der Waals surface area contributed by atoms with Crippen LogP contribution in [0.1, 0.15) is 78.1 Å². The third kappa shape index (κ3) is 5.42. The molecule has 1 aliphatic rings. The van der Waals surface area contributed by atoms with Crippen LogP contribution in [0, 0.1) is 11.8 Å². The van der Waals surface area contributed by atoms with Crippen molar-refractivity contribution >= 4 is 0 Å². The summed E-state index contributed by atoms with van der Waals surface area (Å²) in [6.07, 6.45) is 18.4. The molecule has 104 valence electrons. The molecule has 0 aromatic heterocycles. The zero-order valence-corrected chi connectivity index (χ0v) is 12.6. The summed E-state index contributed by atoms with van der Waals surface area (Å²) in [5.41, 5.74) is 1.51. The van der Waals surface area contributed by atoms with Crippen molar-refractivity contribution in [3.63, 3.8) is 0 Å². The molecule has 1 saturated carbocycles. The molecule has 18 heavy (non-hydrogen) atoms. The maximum Gasteiger partial charge on any atom is -0.0143 e.